The van der Waals surface area contributed by atoms with E-state index in [4.69, 9.17) is 4.52 Å². The van der Waals surface area contributed by atoms with Gasteiger partial charge in [0.05, 0.1) is 11.1 Å². The van der Waals surface area contributed by atoms with Gasteiger partial charge in [-0.05, 0) is 37.1 Å². The number of benzene rings is 1. The van der Waals surface area contributed by atoms with E-state index in [0.717, 1.165) is 12.1 Å². The number of amides is 1. The number of hydrogen-bond donors (Lipinski definition) is 2. The molecule has 2 aromatic heterocycles. The molecule has 1 amide bonds. The van der Waals surface area contributed by atoms with Crippen molar-refractivity contribution in [3.05, 3.63) is 65.5 Å². The number of rotatable bonds is 7. The third-order valence-electron chi connectivity index (χ3n) is 4.95. The summed E-state index contributed by atoms with van der Waals surface area (Å²) in [4.78, 5) is 17.0. The lowest BCUT2D eigenvalue weighted by Crippen LogP contribution is -2.36. The van der Waals surface area contributed by atoms with E-state index in [2.05, 4.69) is 20.8 Å². The van der Waals surface area contributed by atoms with Crippen LogP contribution < -0.4 is 10.6 Å². The summed E-state index contributed by atoms with van der Waals surface area (Å²) >= 11 is 0. The van der Waals surface area contributed by atoms with Gasteiger partial charge in [0.25, 0.3) is 5.91 Å². The normalized spacial score (nSPS) is 12.6. The average Bonchev–Trinajstić information content (AvgIpc) is 3.16. The van der Waals surface area contributed by atoms with Gasteiger partial charge in [-0.2, -0.15) is 13.2 Å². The molecule has 164 valence electrons. The number of carbonyl (C=O) groups is 1. The van der Waals surface area contributed by atoms with Gasteiger partial charge in [0, 0.05) is 24.3 Å². The van der Waals surface area contributed by atoms with Gasteiger partial charge in [0.1, 0.15) is 5.82 Å². The number of carbonyl (C=O) groups excluding carboxylic acids is 1. The Morgan fingerprint density at radius 1 is 1.10 bits per heavy atom. The highest BCUT2D eigenvalue weighted by molar-refractivity contribution is 5.95. The van der Waals surface area contributed by atoms with Crippen molar-refractivity contribution >= 4 is 11.7 Å². The number of halogens is 3. The lowest BCUT2D eigenvalue weighted by Gasteiger charge is -2.17. The van der Waals surface area contributed by atoms with Gasteiger partial charge in [-0.25, -0.2) is 4.98 Å². The van der Waals surface area contributed by atoms with Gasteiger partial charge < -0.3 is 15.2 Å². The van der Waals surface area contributed by atoms with E-state index in [0.29, 0.717) is 16.9 Å². The number of hydrogen-bond acceptors (Lipinski definition) is 5. The van der Waals surface area contributed by atoms with Gasteiger partial charge in [-0.15, -0.1) is 0 Å². The molecule has 9 heteroatoms. The highest BCUT2D eigenvalue weighted by atomic mass is 19.4. The molecule has 0 aliphatic rings. The van der Waals surface area contributed by atoms with Crippen molar-refractivity contribution in [2.45, 2.75) is 39.5 Å². The number of alkyl halides is 3. The first kappa shape index (κ1) is 22.3. The molecule has 0 saturated carbocycles. The van der Waals surface area contributed by atoms with Crippen molar-refractivity contribution in [1.82, 2.24) is 15.5 Å². The summed E-state index contributed by atoms with van der Waals surface area (Å²) < 4.78 is 44.1. The van der Waals surface area contributed by atoms with Crippen molar-refractivity contribution in [3.63, 3.8) is 0 Å². The van der Waals surface area contributed by atoms with Crippen LogP contribution in [0.3, 0.4) is 0 Å². The highest BCUT2D eigenvalue weighted by Gasteiger charge is 2.31. The van der Waals surface area contributed by atoms with Crippen LogP contribution >= 0.6 is 0 Å². The van der Waals surface area contributed by atoms with Crippen LogP contribution in [0.2, 0.25) is 0 Å². The predicted octanol–water partition coefficient (Wildman–Crippen LogP) is 5.14. The van der Waals surface area contributed by atoms with E-state index in [1.807, 2.05) is 20.8 Å². The minimum absolute atomic E-state index is 0.0748. The van der Waals surface area contributed by atoms with Crippen molar-refractivity contribution in [2.24, 2.45) is 5.92 Å². The van der Waals surface area contributed by atoms with Crippen molar-refractivity contribution < 1.29 is 22.5 Å². The fourth-order valence-corrected chi connectivity index (χ4v) is 2.78. The summed E-state index contributed by atoms with van der Waals surface area (Å²) in [6, 6.07) is 9.75. The van der Waals surface area contributed by atoms with E-state index >= 15 is 0 Å². The number of nitrogens with one attached hydrogen (secondary N) is 2. The molecule has 3 rings (SSSR count). The fraction of sp³-hybridized carbons (Fsp3) is 0.318. The summed E-state index contributed by atoms with van der Waals surface area (Å²) in [5.41, 5.74) is 0.117. The molecule has 2 heterocycles. The SMILES string of the molecule is CC(C)C(C)NC(=O)c1noc(-c2ccc(C(F)(F)F)cc2)c1CNc1ccccn1. The number of anilines is 1. The van der Waals surface area contributed by atoms with E-state index in [1.54, 1.807) is 24.4 Å². The van der Waals surface area contributed by atoms with Crippen LogP contribution in [0.25, 0.3) is 11.3 Å². The van der Waals surface area contributed by atoms with Crippen LogP contribution in [0.15, 0.2) is 53.2 Å². The standard InChI is InChI=1S/C22H23F3N4O2/c1-13(2)14(3)28-21(30)19-17(12-27-18-6-4-5-11-26-18)20(31-29-19)15-7-9-16(10-8-15)22(23,24)25/h4-11,13-14H,12H2,1-3H3,(H,26,27)(H,28,30). The number of aromatic nitrogens is 2. The smallest absolute Gasteiger partial charge is 0.366 e. The highest BCUT2D eigenvalue weighted by Crippen LogP contribution is 2.33. The summed E-state index contributed by atoms with van der Waals surface area (Å²) in [6.07, 6.45) is -2.83. The molecule has 1 aromatic carbocycles. The van der Waals surface area contributed by atoms with Crippen LogP contribution in [0.5, 0.6) is 0 Å². The van der Waals surface area contributed by atoms with Gasteiger partial charge >= 0.3 is 6.18 Å². The first-order chi connectivity index (χ1) is 14.7. The monoisotopic (exact) mass is 432 g/mol. The Balaban J connectivity index is 1.94. The lowest BCUT2D eigenvalue weighted by atomic mass is 10.0. The summed E-state index contributed by atoms with van der Waals surface area (Å²) in [6.45, 7) is 5.98. The van der Waals surface area contributed by atoms with Crippen molar-refractivity contribution in [3.8, 4) is 11.3 Å². The lowest BCUT2D eigenvalue weighted by molar-refractivity contribution is -0.137. The van der Waals surface area contributed by atoms with Gasteiger partial charge in [-0.1, -0.05) is 37.2 Å². The summed E-state index contributed by atoms with van der Waals surface area (Å²) in [5.74, 6) is 0.588. The topological polar surface area (TPSA) is 80.0 Å². The minimum Gasteiger partial charge on any atom is -0.366 e. The van der Waals surface area contributed by atoms with Gasteiger partial charge in [-0.3, -0.25) is 4.79 Å². The Morgan fingerprint density at radius 2 is 1.81 bits per heavy atom. The minimum atomic E-state index is -4.44. The van der Waals surface area contributed by atoms with Crippen molar-refractivity contribution in [2.75, 3.05) is 5.32 Å². The fourth-order valence-electron chi connectivity index (χ4n) is 2.78. The molecule has 0 aliphatic carbocycles. The largest absolute Gasteiger partial charge is 0.416 e. The first-order valence-electron chi connectivity index (χ1n) is 9.78. The zero-order valence-electron chi connectivity index (χ0n) is 17.3. The molecule has 0 spiro atoms. The maximum atomic E-state index is 12.9. The summed E-state index contributed by atoms with van der Waals surface area (Å²) in [7, 11) is 0. The molecular formula is C22H23F3N4O2. The van der Waals surface area contributed by atoms with Crippen LogP contribution in [-0.2, 0) is 12.7 Å². The third kappa shape index (κ3) is 5.42. The Labute approximate surface area is 177 Å². The van der Waals surface area contributed by atoms with Crippen LogP contribution in [0, 0.1) is 5.92 Å². The zero-order valence-corrected chi connectivity index (χ0v) is 17.3. The zero-order chi connectivity index (χ0) is 22.6. The molecule has 0 radical (unpaired) electrons. The number of pyridine rings is 1. The van der Waals surface area contributed by atoms with Crippen LogP contribution in [0.4, 0.5) is 19.0 Å². The average molecular weight is 432 g/mol. The second kappa shape index (κ2) is 9.20. The number of nitrogens with zero attached hydrogens (tertiary/aromatic N) is 2. The van der Waals surface area contributed by atoms with Crippen LogP contribution in [0.1, 0.15) is 42.4 Å². The van der Waals surface area contributed by atoms with Crippen LogP contribution in [-0.4, -0.2) is 22.1 Å². The first-order valence-corrected chi connectivity index (χ1v) is 9.78. The van der Waals surface area contributed by atoms with Gasteiger partial charge in [0.2, 0.25) is 0 Å². The molecule has 3 aromatic rings. The molecule has 0 fully saturated rings. The summed E-state index contributed by atoms with van der Waals surface area (Å²) in [5, 5.41) is 9.89. The Morgan fingerprint density at radius 3 is 2.39 bits per heavy atom. The molecule has 1 atom stereocenters. The maximum Gasteiger partial charge on any atom is 0.416 e. The molecule has 6 nitrogen and oxygen atoms in total. The van der Waals surface area contributed by atoms with E-state index in [9.17, 15) is 18.0 Å². The van der Waals surface area contributed by atoms with Gasteiger partial charge in [0.15, 0.2) is 11.5 Å². The van der Waals surface area contributed by atoms with Crippen molar-refractivity contribution in [1.29, 1.82) is 0 Å². The molecule has 31 heavy (non-hydrogen) atoms. The predicted molar refractivity (Wildman–Crippen MR) is 110 cm³/mol. The Kier molecular flexibility index (Phi) is 6.62. The maximum absolute atomic E-state index is 12.9. The second-order valence-corrected chi connectivity index (χ2v) is 7.49. The molecule has 2 N–H and O–H groups in total. The van der Waals surface area contributed by atoms with E-state index in [1.165, 1.54) is 12.1 Å². The van der Waals surface area contributed by atoms with E-state index in [-0.39, 0.29) is 30.0 Å². The van der Waals surface area contributed by atoms with E-state index < -0.39 is 17.6 Å². The molecule has 0 saturated heterocycles. The second-order valence-electron chi connectivity index (χ2n) is 7.49. The Hall–Kier alpha value is -3.36. The Bertz CT molecular complexity index is 1020. The quantitative estimate of drug-likeness (QED) is 0.540. The molecule has 0 aliphatic heterocycles. The molecule has 1 unspecified atom stereocenters. The molecule has 0 bridgehead atoms. The molecular weight excluding hydrogens is 409 g/mol. The third-order valence-corrected chi connectivity index (χ3v) is 4.95.